The van der Waals surface area contributed by atoms with Crippen LogP contribution < -0.4 is 11.4 Å². The maximum absolute atomic E-state index is 12.2. The summed E-state index contributed by atoms with van der Waals surface area (Å²) in [5.74, 6) is -0.732. The number of aromatic nitrogens is 3. The van der Waals surface area contributed by atoms with Crippen molar-refractivity contribution in [1.82, 2.24) is 14.8 Å². The van der Waals surface area contributed by atoms with Crippen molar-refractivity contribution in [3.8, 4) is 17.1 Å². The Balaban J connectivity index is 2.05. The van der Waals surface area contributed by atoms with Crippen molar-refractivity contribution in [2.24, 2.45) is 5.73 Å². The molecule has 0 bridgehead atoms. The first kappa shape index (κ1) is 16.0. The number of carbonyl (C=O) groups is 1. The van der Waals surface area contributed by atoms with Crippen LogP contribution in [0.5, 0.6) is 0 Å². The second kappa shape index (κ2) is 6.31. The summed E-state index contributed by atoms with van der Waals surface area (Å²) in [7, 11) is 0. The summed E-state index contributed by atoms with van der Waals surface area (Å²) in [5.41, 5.74) is 7.16. The van der Waals surface area contributed by atoms with E-state index in [-0.39, 0.29) is 5.56 Å². The molecule has 0 aliphatic heterocycles. The molecule has 0 saturated carbocycles. The Morgan fingerprint density at radius 1 is 1.25 bits per heavy atom. The number of H-pyrrole nitrogens is 1. The molecule has 0 aliphatic carbocycles. The lowest BCUT2D eigenvalue weighted by Crippen LogP contribution is -2.15. The fraction of sp³-hybridized carbons (Fsp3) is 0.0625. The second-order valence-corrected chi connectivity index (χ2v) is 5.47. The standard InChI is InChI=1S/C16H13ClN4O3/c17-13-6-1-9(8-18)7-12(13)14-19-16(24)21(20-14)11-4-2-10(3-5-11)15(22)23/h1-7H,8,18H2,(H,22,23)(H,19,20,24). The van der Waals surface area contributed by atoms with Crippen LogP contribution in [0.25, 0.3) is 17.1 Å². The summed E-state index contributed by atoms with van der Waals surface area (Å²) in [5, 5.41) is 13.6. The molecule has 0 spiro atoms. The van der Waals surface area contributed by atoms with Crippen molar-refractivity contribution >= 4 is 17.6 Å². The van der Waals surface area contributed by atoms with E-state index in [9.17, 15) is 9.59 Å². The molecule has 0 atom stereocenters. The van der Waals surface area contributed by atoms with Crippen LogP contribution in [0.1, 0.15) is 15.9 Å². The molecule has 7 nitrogen and oxygen atoms in total. The van der Waals surface area contributed by atoms with Gasteiger partial charge in [0.1, 0.15) is 0 Å². The Morgan fingerprint density at radius 3 is 2.58 bits per heavy atom. The summed E-state index contributed by atoms with van der Waals surface area (Å²) < 4.78 is 1.15. The topological polar surface area (TPSA) is 114 Å². The van der Waals surface area contributed by atoms with E-state index in [2.05, 4.69) is 10.1 Å². The number of carboxylic acid groups (broad SMARTS) is 1. The molecular weight excluding hydrogens is 332 g/mol. The highest BCUT2D eigenvalue weighted by Crippen LogP contribution is 2.25. The number of halogens is 1. The average molecular weight is 345 g/mol. The molecule has 0 radical (unpaired) electrons. The van der Waals surface area contributed by atoms with Gasteiger partial charge in [0.25, 0.3) is 0 Å². The van der Waals surface area contributed by atoms with Gasteiger partial charge in [0.05, 0.1) is 16.3 Å². The lowest BCUT2D eigenvalue weighted by Gasteiger charge is -2.03. The highest BCUT2D eigenvalue weighted by atomic mass is 35.5. The zero-order chi connectivity index (χ0) is 17.3. The van der Waals surface area contributed by atoms with E-state index in [1.54, 1.807) is 18.2 Å². The number of benzene rings is 2. The van der Waals surface area contributed by atoms with Gasteiger partial charge in [-0.3, -0.25) is 4.98 Å². The minimum Gasteiger partial charge on any atom is -0.478 e. The minimum absolute atomic E-state index is 0.126. The molecule has 122 valence electrons. The maximum Gasteiger partial charge on any atom is 0.348 e. The molecule has 2 aromatic carbocycles. The van der Waals surface area contributed by atoms with Crippen LogP contribution in [-0.4, -0.2) is 25.8 Å². The second-order valence-electron chi connectivity index (χ2n) is 5.06. The van der Waals surface area contributed by atoms with Crippen molar-refractivity contribution in [3.05, 3.63) is 69.1 Å². The van der Waals surface area contributed by atoms with Crippen LogP contribution in [0, 0.1) is 0 Å². The number of hydrogen-bond acceptors (Lipinski definition) is 4. The number of hydrogen-bond donors (Lipinski definition) is 3. The van der Waals surface area contributed by atoms with Gasteiger partial charge >= 0.3 is 11.7 Å². The SMILES string of the molecule is NCc1ccc(Cl)c(-c2nn(-c3ccc(C(=O)O)cc3)c(=O)[nH]2)c1. The van der Waals surface area contributed by atoms with E-state index in [0.717, 1.165) is 10.2 Å². The van der Waals surface area contributed by atoms with Gasteiger partial charge in [-0.25, -0.2) is 9.59 Å². The largest absolute Gasteiger partial charge is 0.478 e. The van der Waals surface area contributed by atoms with Gasteiger partial charge in [-0.1, -0.05) is 17.7 Å². The van der Waals surface area contributed by atoms with Crippen molar-refractivity contribution in [1.29, 1.82) is 0 Å². The van der Waals surface area contributed by atoms with E-state index in [1.807, 2.05) is 0 Å². The van der Waals surface area contributed by atoms with Crippen molar-refractivity contribution in [3.63, 3.8) is 0 Å². The smallest absolute Gasteiger partial charge is 0.348 e. The Hall–Kier alpha value is -2.90. The Kier molecular flexibility index (Phi) is 4.20. The molecule has 0 fully saturated rings. The zero-order valence-electron chi connectivity index (χ0n) is 12.4. The van der Waals surface area contributed by atoms with E-state index in [1.165, 1.54) is 24.3 Å². The van der Waals surface area contributed by atoms with Gasteiger partial charge < -0.3 is 10.8 Å². The molecular formula is C16H13ClN4O3. The number of nitrogens with one attached hydrogen (secondary N) is 1. The van der Waals surface area contributed by atoms with Gasteiger partial charge in [-0.2, -0.15) is 4.68 Å². The fourth-order valence-corrected chi connectivity index (χ4v) is 2.45. The number of aromatic amines is 1. The van der Waals surface area contributed by atoms with Crippen LogP contribution in [0.4, 0.5) is 0 Å². The van der Waals surface area contributed by atoms with Crippen LogP contribution in [0.2, 0.25) is 5.02 Å². The minimum atomic E-state index is -1.04. The average Bonchev–Trinajstić information content (AvgIpc) is 2.97. The van der Waals surface area contributed by atoms with Gasteiger partial charge in [-0.05, 0) is 42.0 Å². The summed E-state index contributed by atoms with van der Waals surface area (Å²) >= 11 is 6.17. The van der Waals surface area contributed by atoms with Gasteiger partial charge in [0.15, 0.2) is 5.82 Å². The quantitative estimate of drug-likeness (QED) is 0.670. The predicted octanol–water partition coefficient (Wildman–Crippen LogP) is 2.04. The molecule has 3 rings (SSSR count). The summed E-state index contributed by atoms with van der Waals surface area (Å²) in [4.78, 5) is 25.7. The van der Waals surface area contributed by atoms with Crippen LogP contribution >= 0.6 is 11.6 Å². The Labute approximate surface area is 141 Å². The van der Waals surface area contributed by atoms with E-state index in [0.29, 0.717) is 28.6 Å². The molecule has 24 heavy (non-hydrogen) atoms. The molecule has 0 unspecified atom stereocenters. The van der Waals surface area contributed by atoms with Gasteiger partial charge in [0.2, 0.25) is 0 Å². The molecule has 0 saturated heterocycles. The first-order valence-electron chi connectivity index (χ1n) is 7.01. The van der Waals surface area contributed by atoms with Crippen LogP contribution in [0.15, 0.2) is 47.3 Å². The fourth-order valence-electron chi connectivity index (χ4n) is 2.25. The number of carboxylic acids is 1. The van der Waals surface area contributed by atoms with Crippen LogP contribution in [-0.2, 0) is 6.54 Å². The molecule has 1 aromatic heterocycles. The number of nitrogens with zero attached hydrogens (tertiary/aromatic N) is 2. The van der Waals surface area contributed by atoms with Gasteiger partial charge in [0, 0.05) is 12.1 Å². The number of aromatic carboxylic acids is 1. The first-order valence-corrected chi connectivity index (χ1v) is 7.39. The summed E-state index contributed by atoms with van der Waals surface area (Å²) in [6.45, 7) is 0.339. The van der Waals surface area contributed by atoms with E-state index >= 15 is 0 Å². The Bertz CT molecular complexity index is 960. The molecule has 1 heterocycles. The zero-order valence-corrected chi connectivity index (χ0v) is 13.1. The normalized spacial score (nSPS) is 10.8. The third-order valence-corrected chi connectivity index (χ3v) is 3.83. The first-order chi connectivity index (χ1) is 11.5. The van der Waals surface area contributed by atoms with E-state index < -0.39 is 11.7 Å². The predicted molar refractivity (Wildman–Crippen MR) is 89.5 cm³/mol. The molecule has 8 heteroatoms. The lowest BCUT2D eigenvalue weighted by molar-refractivity contribution is 0.0697. The van der Waals surface area contributed by atoms with Crippen molar-refractivity contribution < 1.29 is 9.90 Å². The monoisotopic (exact) mass is 344 g/mol. The highest BCUT2D eigenvalue weighted by molar-refractivity contribution is 6.33. The number of rotatable bonds is 4. The summed E-state index contributed by atoms with van der Waals surface area (Å²) in [6, 6.07) is 11.1. The third kappa shape index (κ3) is 2.94. The van der Waals surface area contributed by atoms with Gasteiger partial charge in [-0.15, -0.1) is 5.10 Å². The lowest BCUT2D eigenvalue weighted by atomic mass is 10.1. The maximum atomic E-state index is 12.2. The van der Waals surface area contributed by atoms with Crippen LogP contribution in [0.3, 0.4) is 0 Å². The van der Waals surface area contributed by atoms with Crippen molar-refractivity contribution in [2.75, 3.05) is 0 Å². The van der Waals surface area contributed by atoms with E-state index in [4.69, 9.17) is 22.4 Å². The molecule has 3 aromatic rings. The summed E-state index contributed by atoms with van der Waals surface area (Å²) in [6.07, 6.45) is 0. The molecule has 0 amide bonds. The van der Waals surface area contributed by atoms with Crippen molar-refractivity contribution in [2.45, 2.75) is 6.54 Å². The molecule has 4 N–H and O–H groups in total. The third-order valence-electron chi connectivity index (χ3n) is 3.50. The molecule has 0 aliphatic rings. The Morgan fingerprint density at radius 2 is 1.96 bits per heavy atom. The highest BCUT2D eigenvalue weighted by Gasteiger charge is 2.13. The number of nitrogens with two attached hydrogens (primary N) is 1.